The van der Waals surface area contributed by atoms with E-state index in [4.69, 9.17) is 32.7 Å². The number of aromatic nitrogens is 1. The number of anilines is 1. The summed E-state index contributed by atoms with van der Waals surface area (Å²) in [6.45, 7) is 2.00. The summed E-state index contributed by atoms with van der Waals surface area (Å²) in [6.07, 6.45) is 3.13. The highest BCUT2D eigenvalue weighted by molar-refractivity contribution is 6.51. The molecule has 1 N–H and O–H groups in total. The van der Waals surface area contributed by atoms with Crippen molar-refractivity contribution in [2.75, 3.05) is 18.6 Å². The number of carbonyl (C=O) groups is 3. The molecule has 1 aliphatic heterocycles. The molecule has 0 saturated carbocycles. The van der Waals surface area contributed by atoms with Gasteiger partial charge in [0.25, 0.3) is 11.7 Å². The summed E-state index contributed by atoms with van der Waals surface area (Å²) in [5, 5.41) is 11.7. The fourth-order valence-corrected chi connectivity index (χ4v) is 4.76. The van der Waals surface area contributed by atoms with E-state index in [1.165, 1.54) is 30.3 Å². The number of Topliss-reactive ketones (excluding diaryl/α,β-unsaturated/α-hetero) is 1. The topological polar surface area (TPSA) is 106 Å². The van der Waals surface area contributed by atoms with Crippen molar-refractivity contribution in [1.29, 1.82) is 0 Å². The quantitative estimate of drug-likeness (QED) is 0.191. The van der Waals surface area contributed by atoms with Crippen LogP contribution in [0.1, 0.15) is 29.7 Å². The second kappa shape index (κ2) is 11.0. The number of pyridine rings is 1. The third-order valence-corrected chi connectivity index (χ3v) is 6.28. The van der Waals surface area contributed by atoms with E-state index in [-0.39, 0.29) is 45.9 Å². The van der Waals surface area contributed by atoms with Crippen LogP contribution in [0.15, 0.2) is 66.5 Å². The molecule has 0 spiro atoms. The highest BCUT2D eigenvalue weighted by Gasteiger charge is 2.47. The van der Waals surface area contributed by atoms with Gasteiger partial charge in [-0.15, -0.1) is 0 Å². The number of ketones is 1. The van der Waals surface area contributed by atoms with Crippen LogP contribution in [0.25, 0.3) is 5.76 Å². The van der Waals surface area contributed by atoms with Gasteiger partial charge < -0.3 is 14.6 Å². The van der Waals surface area contributed by atoms with Gasteiger partial charge in [-0.05, 0) is 48.4 Å². The Morgan fingerprint density at radius 3 is 2.49 bits per heavy atom. The number of benzene rings is 2. The minimum absolute atomic E-state index is 0.0638. The molecule has 3 aromatic rings. The van der Waals surface area contributed by atoms with Crippen molar-refractivity contribution in [3.05, 3.63) is 93.2 Å². The van der Waals surface area contributed by atoms with Gasteiger partial charge in [-0.2, -0.15) is 0 Å². The fourth-order valence-electron chi connectivity index (χ4n) is 4.19. The summed E-state index contributed by atoms with van der Waals surface area (Å²) >= 11 is 12.4. The number of aliphatic hydroxyl groups is 1. The van der Waals surface area contributed by atoms with Crippen LogP contribution < -0.4 is 9.64 Å². The van der Waals surface area contributed by atoms with Gasteiger partial charge in [0.2, 0.25) is 0 Å². The molecule has 8 nitrogen and oxygen atoms in total. The number of halogens is 2. The van der Waals surface area contributed by atoms with Crippen molar-refractivity contribution < 1.29 is 29.0 Å². The van der Waals surface area contributed by atoms with E-state index in [1.807, 2.05) is 0 Å². The maximum Gasteiger partial charge on any atom is 0.310 e. The first-order chi connectivity index (χ1) is 17.8. The van der Waals surface area contributed by atoms with Gasteiger partial charge in [-0.3, -0.25) is 24.3 Å². The van der Waals surface area contributed by atoms with Crippen LogP contribution in [0.2, 0.25) is 10.0 Å². The molecule has 0 radical (unpaired) electrons. The van der Waals surface area contributed by atoms with Crippen LogP contribution in [-0.2, 0) is 25.5 Å². The van der Waals surface area contributed by atoms with Gasteiger partial charge in [-0.25, -0.2) is 0 Å². The highest BCUT2D eigenvalue weighted by atomic mass is 35.5. The summed E-state index contributed by atoms with van der Waals surface area (Å²) in [5.41, 5.74) is 1.45. The molecular formula is C27H22Cl2N2O6. The lowest BCUT2D eigenvalue weighted by Gasteiger charge is -2.25. The van der Waals surface area contributed by atoms with Crippen molar-refractivity contribution in [1.82, 2.24) is 4.98 Å². The minimum atomic E-state index is -1.01. The van der Waals surface area contributed by atoms with Crippen LogP contribution in [0.3, 0.4) is 0 Å². The Labute approximate surface area is 223 Å². The normalized spacial score (nSPS) is 16.6. The highest BCUT2D eigenvalue weighted by Crippen LogP contribution is 2.44. The monoisotopic (exact) mass is 540 g/mol. The zero-order chi connectivity index (χ0) is 26.7. The lowest BCUT2D eigenvalue weighted by atomic mass is 9.95. The third kappa shape index (κ3) is 5.16. The van der Waals surface area contributed by atoms with E-state index in [0.29, 0.717) is 16.8 Å². The maximum atomic E-state index is 13.3. The second-order valence-corrected chi connectivity index (χ2v) is 8.92. The number of hydrogen-bond donors (Lipinski definition) is 1. The summed E-state index contributed by atoms with van der Waals surface area (Å²) in [4.78, 5) is 43.9. The zero-order valence-electron chi connectivity index (χ0n) is 19.9. The number of methoxy groups -OCH3 is 1. The molecule has 1 aliphatic rings. The minimum Gasteiger partial charge on any atom is -0.507 e. The van der Waals surface area contributed by atoms with E-state index < -0.39 is 23.5 Å². The summed E-state index contributed by atoms with van der Waals surface area (Å²) < 4.78 is 10.3. The molecule has 190 valence electrons. The number of esters is 1. The summed E-state index contributed by atoms with van der Waals surface area (Å²) in [6, 6.07) is 11.8. The molecule has 1 amide bonds. The Morgan fingerprint density at radius 1 is 1.14 bits per heavy atom. The Kier molecular flexibility index (Phi) is 7.80. The van der Waals surface area contributed by atoms with Crippen molar-refractivity contribution in [2.45, 2.75) is 19.4 Å². The summed E-state index contributed by atoms with van der Waals surface area (Å²) in [5.74, 6) is -2.51. The molecule has 2 heterocycles. The fraction of sp³-hybridized carbons (Fsp3) is 0.185. The molecule has 1 saturated heterocycles. The average Bonchev–Trinajstić information content (AvgIpc) is 3.14. The summed E-state index contributed by atoms with van der Waals surface area (Å²) in [7, 11) is 1.36. The van der Waals surface area contributed by atoms with Gasteiger partial charge in [-0.1, -0.05) is 41.4 Å². The van der Waals surface area contributed by atoms with Crippen LogP contribution >= 0.6 is 23.2 Å². The molecule has 4 rings (SSSR count). The maximum absolute atomic E-state index is 13.3. The van der Waals surface area contributed by atoms with Crippen LogP contribution in [-0.4, -0.2) is 41.5 Å². The van der Waals surface area contributed by atoms with Crippen LogP contribution in [0, 0.1) is 0 Å². The number of aliphatic hydroxyl groups excluding tert-OH is 1. The largest absolute Gasteiger partial charge is 0.507 e. The first-order valence-electron chi connectivity index (χ1n) is 11.3. The number of rotatable bonds is 7. The Balaban J connectivity index is 1.86. The van der Waals surface area contributed by atoms with Crippen molar-refractivity contribution in [3.63, 3.8) is 0 Å². The van der Waals surface area contributed by atoms with E-state index in [1.54, 1.807) is 49.5 Å². The molecule has 37 heavy (non-hydrogen) atoms. The Bertz CT molecular complexity index is 1390. The Hall–Kier alpha value is -3.88. The first kappa shape index (κ1) is 26.2. The second-order valence-electron chi connectivity index (χ2n) is 8.07. The van der Waals surface area contributed by atoms with Gasteiger partial charge in [0.1, 0.15) is 11.5 Å². The third-order valence-electron chi connectivity index (χ3n) is 5.78. The number of amides is 1. The van der Waals surface area contributed by atoms with Gasteiger partial charge >= 0.3 is 5.97 Å². The van der Waals surface area contributed by atoms with Crippen molar-refractivity contribution in [3.8, 4) is 5.75 Å². The van der Waals surface area contributed by atoms with Gasteiger partial charge in [0, 0.05) is 23.1 Å². The zero-order valence-corrected chi connectivity index (χ0v) is 21.4. The lowest BCUT2D eigenvalue weighted by molar-refractivity contribution is -0.142. The van der Waals surface area contributed by atoms with E-state index in [9.17, 15) is 19.5 Å². The first-order valence-corrected chi connectivity index (χ1v) is 12.0. The molecule has 10 heteroatoms. The standard InChI is InChI=1S/C27H22Cl2N2O6/c1-3-37-21(32)11-15-6-8-18(9-7-15)31-23(16-5-4-10-30-14-16)22(25(34)27(31)35)24(33)19-12-17(28)13-20(29)26(19)36-2/h4-10,12-14,23,33H,3,11H2,1-2H3/b24-22+. The molecule has 0 bridgehead atoms. The van der Waals surface area contributed by atoms with Gasteiger partial charge in [0.15, 0.2) is 0 Å². The predicted octanol–water partition coefficient (Wildman–Crippen LogP) is 5.13. The number of ether oxygens (including phenoxy) is 2. The molecule has 1 unspecified atom stereocenters. The molecule has 2 aromatic carbocycles. The number of carbonyl (C=O) groups excluding carboxylic acids is 3. The SMILES string of the molecule is CCOC(=O)Cc1ccc(N2C(=O)C(=O)/C(=C(/O)c3cc(Cl)cc(Cl)c3OC)C2c2cccnc2)cc1. The van der Waals surface area contributed by atoms with Crippen molar-refractivity contribution >= 4 is 52.3 Å². The Morgan fingerprint density at radius 2 is 1.86 bits per heavy atom. The smallest absolute Gasteiger partial charge is 0.310 e. The van der Waals surface area contributed by atoms with Crippen LogP contribution in [0.5, 0.6) is 5.75 Å². The molecular weight excluding hydrogens is 519 g/mol. The predicted molar refractivity (Wildman–Crippen MR) is 139 cm³/mol. The molecule has 1 fully saturated rings. The van der Waals surface area contributed by atoms with E-state index in [0.717, 1.165) is 0 Å². The number of hydrogen-bond acceptors (Lipinski definition) is 7. The number of nitrogens with zero attached hydrogens (tertiary/aromatic N) is 2. The average molecular weight is 541 g/mol. The molecule has 1 aromatic heterocycles. The molecule has 0 aliphatic carbocycles. The van der Waals surface area contributed by atoms with E-state index in [2.05, 4.69) is 4.98 Å². The van der Waals surface area contributed by atoms with Crippen molar-refractivity contribution in [2.24, 2.45) is 0 Å². The molecule has 1 atom stereocenters. The van der Waals surface area contributed by atoms with E-state index >= 15 is 0 Å². The van der Waals surface area contributed by atoms with Crippen LogP contribution in [0.4, 0.5) is 5.69 Å². The lowest BCUT2D eigenvalue weighted by Crippen LogP contribution is -2.29. The van der Waals surface area contributed by atoms with Gasteiger partial charge in [0.05, 0.1) is 42.3 Å².